The number of hydrogen-bond donors (Lipinski definition) is 1. The molecule has 0 atom stereocenters. The van der Waals surface area contributed by atoms with Gasteiger partial charge in [0, 0.05) is 6.92 Å². The Hall–Kier alpha value is -2.39. The van der Waals surface area contributed by atoms with Gasteiger partial charge in [0.25, 0.3) is 0 Å². The number of aliphatic hydroxyl groups is 1. The van der Waals surface area contributed by atoms with E-state index in [2.05, 4.69) is 4.98 Å². The van der Waals surface area contributed by atoms with Gasteiger partial charge in [-0.25, -0.2) is 4.98 Å². The smallest absolute Gasteiger partial charge is 0.191 e. The van der Waals surface area contributed by atoms with Crippen molar-refractivity contribution in [1.29, 1.82) is 0 Å². The van der Waals surface area contributed by atoms with Crippen LogP contribution in [-0.2, 0) is 5.60 Å². The van der Waals surface area contributed by atoms with E-state index in [1.54, 1.807) is 6.92 Å². The summed E-state index contributed by atoms with van der Waals surface area (Å²) in [5.41, 5.74) is 0.715. The average Bonchev–Trinajstić information content (AvgIpc) is 2.95. The molecular formula is C17H15NO2. The average molecular weight is 265 g/mol. The Balaban J connectivity index is 2.23. The zero-order valence-electron chi connectivity index (χ0n) is 11.2. The van der Waals surface area contributed by atoms with Gasteiger partial charge >= 0.3 is 0 Å². The minimum atomic E-state index is -1.31. The second kappa shape index (κ2) is 4.94. The number of nitrogens with zero attached hydrogens (tertiary/aromatic N) is 1. The molecule has 1 heterocycles. The first-order valence-corrected chi connectivity index (χ1v) is 6.47. The Morgan fingerprint density at radius 2 is 1.40 bits per heavy atom. The molecule has 0 spiro atoms. The van der Waals surface area contributed by atoms with Gasteiger partial charge in [-0.1, -0.05) is 60.7 Å². The van der Waals surface area contributed by atoms with Crippen molar-refractivity contribution in [2.24, 2.45) is 0 Å². The SMILES string of the molecule is Cc1nc(C(O)(c2ccccc2)c2ccccc2)co1. The van der Waals surface area contributed by atoms with Crippen molar-refractivity contribution in [2.75, 3.05) is 0 Å². The summed E-state index contributed by atoms with van der Waals surface area (Å²) in [4.78, 5) is 4.32. The molecule has 2 aromatic carbocycles. The van der Waals surface area contributed by atoms with E-state index in [1.165, 1.54) is 6.26 Å². The standard InChI is InChI=1S/C17H15NO2/c1-13-18-16(12-20-13)17(19,14-8-4-2-5-9-14)15-10-6-3-7-11-15/h2-12,19H,1H3. The van der Waals surface area contributed by atoms with Gasteiger partial charge in [0.2, 0.25) is 0 Å². The van der Waals surface area contributed by atoms with Crippen molar-refractivity contribution in [3.8, 4) is 0 Å². The highest BCUT2D eigenvalue weighted by Crippen LogP contribution is 2.35. The Morgan fingerprint density at radius 1 is 0.900 bits per heavy atom. The van der Waals surface area contributed by atoms with Crippen LogP contribution in [0.4, 0.5) is 0 Å². The maximum atomic E-state index is 11.3. The van der Waals surface area contributed by atoms with Crippen LogP contribution in [0.1, 0.15) is 22.7 Å². The normalized spacial score (nSPS) is 11.5. The molecule has 3 heteroatoms. The Kier molecular flexibility index (Phi) is 3.12. The fourth-order valence-electron chi connectivity index (χ4n) is 2.35. The van der Waals surface area contributed by atoms with Crippen molar-refractivity contribution >= 4 is 0 Å². The molecular weight excluding hydrogens is 250 g/mol. The third-order valence-electron chi connectivity index (χ3n) is 3.37. The van der Waals surface area contributed by atoms with E-state index >= 15 is 0 Å². The predicted octanol–water partition coefficient (Wildman–Crippen LogP) is 3.27. The molecule has 0 unspecified atom stereocenters. The molecule has 0 amide bonds. The highest BCUT2D eigenvalue weighted by atomic mass is 16.3. The fraction of sp³-hybridized carbons (Fsp3) is 0.118. The third-order valence-corrected chi connectivity index (χ3v) is 3.37. The lowest BCUT2D eigenvalue weighted by Crippen LogP contribution is -2.29. The van der Waals surface area contributed by atoms with Crippen molar-refractivity contribution in [2.45, 2.75) is 12.5 Å². The van der Waals surface area contributed by atoms with E-state index in [1.807, 2.05) is 60.7 Å². The molecule has 3 rings (SSSR count). The Morgan fingerprint density at radius 3 is 1.80 bits per heavy atom. The molecule has 0 radical (unpaired) electrons. The van der Waals surface area contributed by atoms with Gasteiger partial charge in [0.05, 0.1) is 0 Å². The maximum Gasteiger partial charge on any atom is 0.191 e. The van der Waals surface area contributed by atoms with Crippen molar-refractivity contribution in [1.82, 2.24) is 4.98 Å². The quantitative estimate of drug-likeness (QED) is 0.790. The van der Waals surface area contributed by atoms with Gasteiger partial charge < -0.3 is 9.52 Å². The first kappa shape index (κ1) is 12.6. The predicted molar refractivity (Wildman–Crippen MR) is 76.2 cm³/mol. The van der Waals surface area contributed by atoms with Crippen LogP contribution < -0.4 is 0 Å². The van der Waals surface area contributed by atoms with Crippen LogP contribution in [0.25, 0.3) is 0 Å². The van der Waals surface area contributed by atoms with Gasteiger partial charge in [-0.2, -0.15) is 0 Å². The van der Waals surface area contributed by atoms with Crippen LogP contribution in [0.3, 0.4) is 0 Å². The molecule has 20 heavy (non-hydrogen) atoms. The number of hydrogen-bond acceptors (Lipinski definition) is 3. The molecule has 0 saturated carbocycles. The van der Waals surface area contributed by atoms with E-state index in [4.69, 9.17) is 4.42 Å². The Bertz CT molecular complexity index is 650. The minimum Gasteiger partial charge on any atom is -0.449 e. The highest BCUT2D eigenvalue weighted by Gasteiger charge is 2.36. The van der Waals surface area contributed by atoms with Crippen LogP contribution in [0, 0.1) is 6.92 Å². The zero-order valence-corrected chi connectivity index (χ0v) is 11.2. The van der Waals surface area contributed by atoms with Gasteiger partial charge in [-0.15, -0.1) is 0 Å². The first-order valence-electron chi connectivity index (χ1n) is 6.47. The summed E-state index contributed by atoms with van der Waals surface area (Å²) < 4.78 is 5.28. The van der Waals surface area contributed by atoms with Crippen LogP contribution in [0.5, 0.6) is 0 Å². The second-order valence-electron chi connectivity index (χ2n) is 4.69. The number of aromatic nitrogens is 1. The van der Waals surface area contributed by atoms with Gasteiger partial charge in [-0.05, 0) is 11.1 Å². The maximum absolute atomic E-state index is 11.3. The van der Waals surface area contributed by atoms with Crippen LogP contribution >= 0.6 is 0 Å². The highest BCUT2D eigenvalue weighted by molar-refractivity contribution is 5.43. The zero-order chi connectivity index (χ0) is 14.0. The molecule has 0 fully saturated rings. The van der Waals surface area contributed by atoms with Crippen molar-refractivity contribution in [3.63, 3.8) is 0 Å². The molecule has 100 valence electrons. The molecule has 0 aliphatic rings. The molecule has 0 aliphatic carbocycles. The van der Waals surface area contributed by atoms with Gasteiger partial charge in [0.15, 0.2) is 11.5 Å². The summed E-state index contributed by atoms with van der Waals surface area (Å²) in [7, 11) is 0. The van der Waals surface area contributed by atoms with E-state index in [0.29, 0.717) is 11.6 Å². The monoisotopic (exact) mass is 265 g/mol. The number of oxazole rings is 1. The fourth-order valence-corrected chi connectivity index (χ4v) is 2.35. The lowest BCUT2D eigenvalue weighted by atomic mass is 9.84. The van der Waals surface area contributed by atoms with E-state index in [0.717, 1.165) is 11.1 Å². The minimum absolute atomic E-state index is 0.493. The summed E-state index contributed by atoms with van der Waals surface area (Å²) in [5, 5.41) is 11.3. The molecule has 1 aromatic heterocycles. The molecule has 3 nitrogen and oxygen atoms in total. The topological polar surface area (TPSA) is 46.3 Å². The van der Waals surface area contributed by atoms with E-state index in [-0.39, 0.29) is 0 Å². The summed E-state index contributed by atoms with van der Waals surface area (Å²) in [6, 6.07) is 19.0. The van der Waals surface area contributed by atoms with E-state index in [9.17, 15) is 5.11 Å². The summed E-state index contributed by atoms with van der Waals surface area (Å²) in [5.74, 6) is 0.533. The van der Waals surface area contributed by atoms with Crippen LogP contribution in [0.2, 0.25) is 0 Å². The van der Waals surface area contributed by atoms with Crippen molar-refractivity contribution < 1.29 is 9.52 Å². The molecule has 1 N–H and O–H groups in total. The Labute approximate surface area is 117 Å². The molecule has 0 aliphatic heterocycles. The van der Waals surface area contributed by atoms with Gasteiger partial charge in [0.1, 0.15) is 12.0 Å². The lowest BCUT2D eigenvalue weighted by Gasteiger charge is -2.27. The third kappa shape index (κ3) is 2.02. The summed E-state index contributed by atoms with van der Waals surface area (Å²) in [6.45, 7) is 1.76. The van der Waals surface area contributed by atoms with Crippen molar-refractivity contribution in [3.05, 3.63) is 89.6 Å². The summed E-state index contributed by atoms with van der Waals surface area (Å²) in [6.07, 6.45) is 1.51. The molecule has 0 saturated heterocycles. The van der Waals surface area contributed by atoms with E-state index < -0.39 is 5.60 Å². The van der Waals surface area contributed by atoms with Gasteiger partial charge in [-0.3, -0.25) is 0 Å². The molecule has 0 bridgehead atoms. The van der Waals surface area contributed by atoms with Crippen LogP contribution in [0.15, 0.2) is 71.3 Å². The van der Waals surface area contributed by atoms with Crippen LogP contribution in [-0.4, -0.2) is 10.1 Å². The number of rotatable bonds is 3. The number of benzene rings is 2. The number of aryl methyl sites for hydroxylation is 1. The summed E-state index contributed by atoms with van der Waals surface area (Å²) >= 11 is 0. The first-order chi connectivity index (χ1) is 9.71. The largest absolute Gasteiger partial charge is 0.449 e. The molecule has 3 aromatic rings. The lowest BCUT2D eigenvalue weighted by molar-refractivity contribution is 0.120. The second-order valence-corrected chi connectivity index (χ2v) is 4.69.